The maximum atomic E-state index is 6.10. The van der Waals surface area contributed by atoms with E-state index in [-0.39, 0.29) is 6.04 Å². The van der Waals surface area contributed by atoms with Crippen molar-refractivity contribution in [2.75, 3.05) is 25.6 Å². The van der Waals surface area contributed by atoms with Gasteiger partial charge in [-0.3, -0.25) is 4.98 Å². The summed E-state index contributed by atoms with van der Waals surface area (Å²) in [7, 11) is 1.69. The zero-order chi connectivity index (χ0) is 17.5. The van der Waals surface area contributed by atoms with E-state index >= 15 is 0 Å². The van der Waals surface area contributed by atoms with Crippen LogP contribution < -0.4 is 5.32 Å². The van der Waals surface area contributed by atoms with Crippen molar-refractivity contribution in [2.45, 2.75) is 19.9 Å². The molecule has 1 aromatic carbocycles. The summed E-state index contributed by atoms with van der Waals surface area (Å²) < 4.78 is 5.24. The molecular weight excluding hydrogens is 342 g/mol. The third-order valence-electron chi connectivity index (χ3n) is 3.87. The Bertz CT molecular complexity index is 681. The van der Waals surface area contributed by atoms with Crippen LogP contribution in [0.25, 0.3) is 0 Å². The van der Waals surface area contributed by atoms with Gasteiger partial charge in [-0.1, -0.05) is 23.7 Å². The Balaban J connectivity index is 2.20. The maximum absolute atomic E-state index is 6.10. The monoisotopic (exact) mass is 363 g/mol. The van der Waals surface area contributed by atoms with E-state index in [0.29, 0.717) is 23.3 Å². The lowest BCUT2D eigenvalue weighted by atomic mass is 10.1. The number of methoxy groups -OCH3 is 1. The van der Waals surface area contributed by atoms with Crippen LogP contribution in [0.2, 0.25) is 5.02 Å². The predicted molar refractivity (Wildman–Crippen MR) is 104 cm³/mol. The Labute approximate surface area is 153 Å². The van der Waals surface area contributed by atoms with Crippen molar-refractivity contribution in [3.05, 3.63) is 58.9 Å². The van der Waals surface area contributed by atoms with E-state index in [0.717, 1.165) is 16.8 Å². The van der Waals surface area contributed by atoms with E-state index < -0.39 is 0 Å². The molecule has 0 bridgehead atoms. The summed E-state index contributed by atoms with van der Waals surface area (Å²) in [5, 5.41) is 4.62. The average Bonchev–Trinajstić information content (AvgIpc) is 2.59. The van der Waals surface area contributed by atoms with Gasteiger partial charge >= 0.3 is 0 Å². The maximum Gasteiger partial charge on any atom is 0.174 e. The molecule has 128 valence electrons. The molecule has 0 saturated heterocycles. The fourth-order valence-electron chi connectivity index (χ4n) is 2.38. The molecule has 2 aromatic rings. The number of anilines is 1. The molecule has 1 N–H and O–H groups in total. The number of aromatic nitrogens is 1. The Morgan fingerprint density at radius 3 is 2.88 bits per heavy atom. The topological polar surface area (TPSA) is 37.4 Å². The quantitative estimate of drug-likeness (QED) is 0.767. The number of hydrogen-bond acceptors (Lipinski definition) is 3. The van der Waals surface area contributed by atoms with Gasteiger partial charge in [0, 0.05) is 36.8 Å². The molecular formula is C18H22ClN3OS. The summed E-state index contributed by atoms with van der Waals surface area (Å²) in [5.74, 6) is 0. The first-order chi connectivity index (χ1) is 11.5. The molecule has 0 aliphatic carbocycles. The summed E-state index contributed by atoms with van der Waals surface area (Å²) >= 11 is 11.7. The zero-order valence-corrected chi connectivity index (χ0v) is 15.7. The molecule has 1 heterocycles. The van der Waals surface area contributed by atoms with Crippen LogP contribution >= 0.6 is 23.8 Å². The zero-order valence-electron chi connectivity index (χ0n) is 14.1. The summed E-state index contributed by atoms with van der Waals surface area (Å²) in [5.41, 5.74) is 3.09. The van der Waals surface area contributed by atoms with Gasteiger partial charge in [0.2, 0.25) is 0 Å². The SMILES string of the molecule is COCCN(C(=S)Nc1cc(Cl)ccc1C)[C@@H](C)c1cccnc1. The standard InChI is InChI=1S/C18H22ClN3OS/c1-13-6-7-16(19)11-17(13)21-18(24)22(9-10-23-3)14(2)15-5-4-8-20-12-15/h4-8,11-12,14H,9-10H2,1-3H3,(H,21,24)/t14-/m0/s1. The Hall–Kier alpha value is -1.69. The van der Waals surface area contributed by atoms with Crippen molar-refractivity contribution in [2.24, 2.45) is 0 Å². The molecule has 0 aliphatic heterocycles. The number of ether oxygens (including phenoxy) is 1. The van der Waals surface area contributed by atoms with Gasteiger partial charge in [-0.2, -0.15) is 0 Å². The number of halogens is 1. The van der Waals surface area contributed by atoms with E-state index in [4.69, 9.17) is 28.6 Å². The number of nitrogens with zero attached hydrogens (tertiary/aromatic N) is 2. The van der Waals surface area contributed by atoms with E-state index in [1.165, 1.54) is 0 Å². The first kappa shape index (κ1) is 18.6. The van der Waals surface area contributed by atoms with E-state index in [1.54, 1.807) is 13.3 Å². The van der Waals surface area contributed by atoms with Crippen LogP contribution in [-0.4, -0.2) is 35.3 Å². The minimum atomic E-state index is 0.0772. The third kappa shape index (κ3) is 4.90. The Kier molecular flexibility index (Phi) is 6.97. The highest BCUT2D eigenvalue weighted by Crippen LogP contribution is 2.24. The second-order valence-electron chi connectivity index (χ2n) is 5.54. The van der Waals surface area contributed by atoms with Crippen LogP contribution in [0.1, 0.15) is 24.1 Å². The highest BCUT2D eigenvalue weighted by atomic mass is 35.5. The number of nitrogens with one attached hydrogen (secondary N) is 1. The average molecular weight is 364 g/mol. The van der Waals surface area contributed by atoms with Gasteiger partial charge in [-0.25, -0.2) is 0 Å². The smallest absolute Gasteiger partial charge is 0.174 e. The lowest BCUT2D eigenvalue weighted by Gasteiger charge is -2.32. The number of pyridine rings is 1. The molecule has 2 rings (SSSR count). The van der Waals surface area contributed by atoms with Gasteiger partial charge in [0.15, 0.2) is 5.11 Å². The van der Waals surface area contributed by atoms with Crippen LogP contribution in [0.4, 0.5) is 5.69 Å². The Morgan fingerprint density at radius 2 is 2.21 bits per heavy atom. The third-order valence-corrected chi connectivity index (χ3v) is 4.44. The molecule has 0 fully saturated rings. The largest absolute Gasteiger partial charge is 0.383 e. The Morgan fingerprint density at radius 1 is 1.42 bits per heavy atom. The fourth-order valence-corrected chi connectivity index (χ4v) is 2.91. The van der Waals surface area contributed by atoms with Crippen LogP contribution in [0, 0.1) is 6.92 Å². The number of rotatable bonds is 6. The summed E-state index contributed by atoms with van der Waals surface area (Å²) in [6, 6.07) is 9.77. The van der Waals surface area contributed by atoms with Crippen molar-refractivity contribution in [3.8, 4) is 0 Å². The van der Waals surface area contributed by atoms with Gasteiger partial charge in [0.05, 0.1) is 12.6 Å². The van der Waals surface area contributed by atoms with Crippen molar-refractivity contribution < 1.29 is 4.74 Å². The van der Waals surface area contributed by atoms with Crippen LogP contribution in [0.15, 0.2) is 42.7 Å². The first-order valence-corrected chi connectivity index (χ1v) is 8.54. The second kappa shape index (κ2) is 8.97. The molecule has 1 atom stereocenters. The summed E-state index contributed by atoms with van der Waals surface area (Å²) in [4.78, 5) is 6.29. The van der Waals surface area contributed by atoms with E-state index in [1.807, 2.05) is 43.5 Å². The molecule has 0 aliphatic rings. The summed E-state index contributed by atoms with van der Waals surface area (Å²) in [6.45, 7) is 5.38. The number of hydrogen-bond donors (Lipinski definition) is 1. The molecule has 1 aromatic heterocycles. The second-order valence-corrected chi connectivity index (χ2v) is 6.36. The molecule has 0 radical (unpaired) electrons. The summed E-state index contributed by atoms with van der Waals surface area (Å²) in [6.07, 6.45) is 3.62. The lowest BCUT2D eigenvalue weighted by molar-refractivity contribution is 0.165. The highest BCUT2D eigenvalue weighted by molar-refractivity contribution is 7.80. The van der Waals surface area contributed by atoms with Crippen molar-refractivity contribution in [3.63, 3.8) is 0 Å². The van der Waals surface area contributed by atoms with Crippen LogP contribution in [0.5, 0.6) is 0 Å². The molecule has 4 nitrogen and oxygen atoms in total. The number of thiocarbonyl (C=S) groups is 1. The molecule has 6 heteroatoms. The van der Waals surface area contributed by atoms with Gasteiger partial charge in [0.25, 0.3) is 0 Å². The normalized spacial score (nSPS) is 11.8. The number of benzene rings is 1. The highest BCUT2D eigenvalue weighted by Gasteiger charge is 2.19. The molecule has 0 saturated carbocycles. The minimum Gasteiger partial charge on any atom is -0.383 e. The molecule has 0 unspecified atom stereocenters. The van der Waals surface area contributed by atoms with Gasteiger partial charge in [-0.05, 0) is 55.4 Å². The van der Waals surface area contributed by atoms with Crippen LogP contribution in [-0.2, 0) is 4.74 Å². The van der Waals surface area contributed by atoms with Crippen molar-refractivity contribution in [1.82, 2.24) is 9.88 Å². The predicted octanol–water partition coefficient (Wildman–Crippen LogP) is 4.45. The minimum absolute atomic E-state index is 0.0772. The fraction of sp³-hybridized carbons (Fsp3) is 0.333. The van der Waals surface area contributed by atoms with Gasteiger partial charge in [-0.15, -0.1) is 0 Å². The number of aryl methyl sites for hydroxylation is 1. The van der Waals surface area contributed by atoms with E-state index in [2.05, 4.69) is 22.1 Å². The van der Waals surface area contributed by atoms with Crippen LogP contribution in [0.3, 0.4) is 0 Å². The van der Waals surface area contributed by atoms with Gasteiger partial charge < -0.3 is 15.0 Å². The van der Waals surface area contributed by atoms with Crippen molar-refractivity contribution in [1.29, 1.82) is 0 Å². The molecule has 0 spiro atoms. The first-order valence-electron chi connectivity index (χ1n) is 7.75. The molecule has 0 amide bonds. The lowest BCUT2D eigenvalue weighted by Crippen LogP contribution is -2.39. The van der Waals surface area contributed by atoms with Gasteiger partial charge in [0.1, 0.15) is 0 Å². The van der Waals surface area contributed by atoms with Crippen molar-refractivity contribution >= 4 is 34.6 Å². The van der Waals surface area contributed by atoms with E-state index in [9.17, 15) is 0 Å². The molecule has 24 heavy (non-hydrogen) atoms.